The third-order valence-corrected chi connectivity index (χ3v) is 6.35. The molecule has 0 aromatic heterocycles. The number of benzene rings is 1. The minimum Gasteiger partial charge on any atom is -0.434 e. The van der Waals surface area contributed by atoms with Crippen molar-refractivity contribution >= 4 is 51.4 Å². The standard InChI is InChI=1S/C16H24ClF2N3O3S.HI/c1-16(2,3)26(23,24)8-7-21-15(20-4)22-10-11-9-12(17)5-6-13(11)25-14(18)19;/h5-6,9,14H,7-8,10H2,1-4H3,(H2,20,21,22);1H. The number of alkyl halides is 2. The Hall–Kier alpha value is -0.880. The van der Waals surface area contributed by atoms with E-state index in [4.69, 9.17) is 11.6 Å². The molecule has 0 aliphatic rings. The lowest BCUT2D eigenvalue weighted by molar-refractivity contribution is -0.0504. The highest BCUT2D eigenvalue weighted by atomic mass is 127. The molecular weight excluding hydrogens is 515 g/mol. The maximum atomic E-state index is 12.5. The minimum atomic E-state index is -3.26. The van der Waals surface area contributed by atoms with Crippen molar-refractivity contribution in [1.82, 2.24) is 10.6 Å². The zero-order chi connectivity index (χ0) is 20.0. The van der Waals surface area contributed by atoms with E-state index in [0.29, 0.717) is 16.5 Å². The molecule has 0 saturated carbocycles. The fourth-order valence-corrected chi connectivity index (χ4v) is 3.08. The van der Waals surface area contributed by atoms with Gasteiger partial charge in [0.2, 0.25) is 0 Å². The van der Waals surface area contributed by atoms with Crippen molar-refractivity contribution in [2.24, 2.45) is 4.99 Å². The number of nitrogens with zero attached hydrogens (tertiary/aromatic N) is 1. The van der Waals surface area contributed by atoms with Gasteiger partial charge in [-0.2, -0.15) is 8.78 Å². The first-order valence-corrected chi connectivity index (χ1v) is 9.89. The lowest BCUT2D eigenvalue weighted by atomic mass is 10.2. The van der Waals surface area contributed by atoms with Gasteiger partial charge >= 0.3 is 6.61 Å². The third-order valence-electron chi connectivity index (χ3n) is 3.50. The number of sulfone groups is 1. The van der Waals surface area contributed by atoms with Gasteiger partial charge in [0.05, 0.1) is 10.5 Å². The predicted molar refractivity (Wildman–Crippen MR) is 115 cm³/mol. The molecule has 0 fully saturated rings. The van der Waals surface area contributed by atoms with Crippen molar-refractivity contribution < 1.29 is 21.9 Å². The molecule has 0 saturated heterocycles. The van der Waals surface area contributed by atoms with Crippen molar-refractivity contribution in [3.8, 4) is 5.75 Å². The molecule has 0 aliphatic carbocycles. The first-order chi connectivity index (χ1) is 12.0. The summed E-state index contributed by atoms with van der Waals surface area (Å²) in [7, 11) is -1.74. The van der Waals surface area contributed by atoms with E-state index in [-0.39, 0.29) is 48.6 Å². The van der Waals surface area contributed by atoms with Crippen LogP contribution in [-0.2, 0) is 16.4 Å². The van der Waals surface area contributed by atoms with Crippen LogP contribution in [0.4, 0.5) is 8.78 Å². The van der Waals surface area contributed by atoms with E-state index in [1.54, 1.807) is 20.8 Å². The first-order valence-electron chi connectivity index (χ1n) is 7.86. The number of ether oxygens (including phenoxy) is 1. The Balaban J connectivity index is 0.00000676. The molecule has 11 heteroatoms. The molecule has 0 bridgehead atoms. The molecule has 0 amide bonds. The van der Waals surface area contributed by atoms with Gasteiger partial charge in [0, 0.05) is 30.7 Å². The summed E-state index contributed by atoms with van der Waals surface area (Å²) >= 11 is 5.90. The highest BCUT2D eigenvalue weighted by Gasteiger charge is 2.28. The van der Waals surface area contributed by atoms with Crippen molar-refractivity contribution in [1.29, 1.82) is 0 Å². The smallest absolute Gasteiger partial charge is 0.387 e. The lowest BCUT2D eigenvalue weighted by Gasteiger charge is -2.20. The van der Waals surface area contributed by atoms with E-state index >= 15 is 0 Å². The second-order valence-electron chi connectivity index (χ2n) is 6.41. The Morgan fingerprint density at radius 3 is 2.44 bits per heavy atom. The normalized spacial score (nSPS) is 12.5. The van der Waals surface area contributed by atoms with E-state index < -0.39 is 21.2 Å². The summed E-state index contributed by atoms with van der Waals surface area (Å²) in [5, 5.41) is 6.17. The summed E-state index contributed by atoms with van der Waals surface area (Å²) < 4.78 is 52.7. The van der Waals surface area contributed by atoms with Gasteiger partial charge in [0.25, 0.3) is 0 Å². The fourth-order valence-electron chi connectivity index (χ4n) is 1.91. The molecule has 0 spiro atoms. The zero-order valence-electron chi connectivity index (χ0n) is 15.6. The van der Waals surface area contributed by atoms with Gasteiger partial charge in [-0.25, -0.2) is 8.42 Å². The van der Waals surface area contributed by atoms with E-state index in [2.05, 4.69) is 20.4 Å². The Morgan fingerprint density at radius 2 is 1.93 bits per heavy atom. The van der Waals surface area contributed by atoms with Gasteiger partial charge in [-0.05, 0) is 39.0 Å². The monoisotopic (exact) mass is 539 g/mol. The second-order valence-corrected chi connectivity index (χ2v) is 9.71. The van der Waals surface area contributed by atoms with Gasteiger partial charge in [-0.3, -0.25) is 4.99 Å². The van der Waals surface area contributed by atoms with Crippen LogP contribution < -0.4 is 15.4 Å². The average Bonchev–Trinajstić information content (AvgIpc) is 2.51. The van der Waals surface area contributed by atoms with Crippen molar-refractivity contribution in [2.75, 3.05) is 19.3 Å². The van der Waals surface area contributed by atoms with Crippen LogP contribution in [0.15, 0.2) is 23.2 Å². The maximum absolute atomic E-state index is 12.5. The molecule has 0 radical (unpaired) electrons. The van der Waals surface area contributed by atoms with Gasteiger partial charge < -0.3 is 15.4 Å². The van der Waals surface area contributed by atoms with Crippen LogP contribution >= 0.6 is 35.6 Å². The summed E-state index contributed by atoms with van der Waals surface area (Å²) in [6.45, 7) is 2.25. The molecule has 27 heavy (non-hydrogen) atoms. The summed E-state index contributed by atoms with van der Waals surface area (Å²) in [5.41, 5.74) is 0.420. The topological polar surface area (TPSA) is 79.8 Å². The molecule has 0 unspecified atom stereocenters. The number of rotatable bonds is 7. The van der Waals surface area contributed by atoms with E-state index in [9.17, 15) is 17.2 Å². The van der Waals surface area contributed by atoms with Crippen LogP contribution in [0.3, 0.4) is 0 Å². The van der Waals surface area contributed by atoms with Crippen molar-refractivity contribution in [2.45, 2.75) is 38.7 Å². The fraction of sp³-hybridized carbons (Fsp3) is 0.562. The predicted octanol–water partition coefficient (Wildman–Crippen LogP) is 3.44. The lowest BCUT2D eigenvalue weighted by Crippen LogP contribution is -2.41. The largest absolute Gasteiger partial charge is 0.434 e. The molecule has 156 valence electrons. The van der Waals surface area contributed by atoms with Crippen LogP contribution in [0.2, 0.25) is 5.02 Å². The van der Waals surface area contributed by atoms with Crippen LogP contribution in [-0.4, -0.2) is 45.1 Å². The van der Waals surface area contributed by atoms with Crippen molar-refractivity contribution in [3.05, 3.63) is 28.8 Å². The van der Waals surface area contributed by atoms with Crippen LogP contribution in [0.25, 0.3) is 0 Å². The van der Waals surface area contributed by atoms with Crippen LogP contribution in [0.5, 0.6) is 5.75 Å². The number of aliphatic imine (C=N–C) groups is 1. The van der Waals surface area contributed by atoms with E-state index in [1.165, 1.54) is 25.2 Å². The van der Waals surface area contributed by atoms with E-state index in [0.717, 1.165) is 0 Å². The Bertz CT molecular complexity index is 741. The molecule has 1 aromatic rings. The number of nitrogens with one attached hydrogen (secondary N) is 2. The molecule has 0 heterocycles. The second kappa shape index (κ2) is 11.2. The van der Waals surface area contributed by atoms with Crippen LogP contribution in [0, 0.1) is 0 Å². The molecule has 0 atom stereocenters. The maximum Gasteiger partial charge on any atom is 0.387 e. The molecule has 1 aromatic carbocycles. The van der Waals surface area contributed by atoms with Crippen molar-refractivity contribution in [3.63, 3.8) is 0 Å². The molecule has 2 N–H and O–H groups in total. The number of hydrogen-bond donors (Lipinski definition) is 2. The number of hydrogen-bond acceptors (Lipinski definition) is 4. The summed E-state index contributed by atoms with van der Waals surface area (Å²) in [6, 6.07) is 4.31. The molecule has 6 nitrogen and oxygen atoms in total. The number of halogens is 4. The Morgan fingerprint density at radius 1 is 1.30 bits per heavy atom. The third kappa shape index (κ3) is 8.77. The highest BCUT2D eigenvalue weighted by Crippen LogP contribution is 2.24. The summed E-state index contributed by atoms with van der Waals surface area (Å²) in [6.07, 6.45) is 0. The van der Waals surface area contributed by atoms with Gasteiger partial charge in [-0.1, -0.05) is 11.6 Å². The molecule has 1 rings (SSSR count). The summed E-state index contributed by atoms with van der Waals surface area (Å²) in [4.78, 5) is 3.98. The number of guanidine groups is 1. The Kier molecular flexibility index (Phi) is 10.8. The van der Waals surface area contributed by atoms with Gasteiger partial charge in [0.1, 0.15) is 5.75 Å². The minimum absolute atomic E-state index is 0. The van der Waals surface area contributed by atoms with E-state index in [1.807, 2.05) is 0 Å². The SMILES string of the molecule is CN=C(NCCS(=O)(=O)C(C)(C)C)NCc1cc(Cl)ccc1OC(F)F.I. The quantitative estimate of drug-likeness (QED) is 0.315. The van der Waals surface area contributed by atoms with Gasteiger partial charge in [0.15, 0.2) is 15.8 Å². The zero-order valence-corrected chi connectivity index (χ0v) is 19.5. The first kappa shape index (κ1) is 26.1. The average molecular weight is 540 g/mol. The van der Waals surface area contributed by atoms with Crippen LogP contribution in [0.1, 0.15) is 26.3 Å². The summed E-state index contributed by atoms with van der Waals surface area (Å²) in [5.74, 6) is 0.272. The molecule has 0 aliphatic heterocycles. The Labute approximate surface area is 181 Å². The highest BCUT2D eigenvalue weighted by molar-refractivity contribution is 14.0. The molecular formula is C16H25ClF2IN3O3S. The van der Waals surface area contributed by atoms with Gasteiger partial charge in [-0.15, -0.1) is 24.0 Å².